The van der Waals surface area contributed by atoms with Crippen molar-refractivity contribution < 1.29 is 28.3 Å². The third kappa shape index (κ3) is 4.30. The van der Waals surface area contributed by atoms with E-state index in [0.29, 0.717) is 28.7 Å². The van der Waals surface area contributed by atoms with E-state index in [2.05, 4.69) is 39.3 Å². The van der Waals surface area contributed by atoms with Gasteiger partial charge in [0.1, 0.15) is 23.4 Å². The maximum Gasteiger partial charge on any atom is 0.241 e. The highest BCUT2D eigenvalue weighted by atomic mass is 28.4. The van der Waals surface area contributed by atoms with Gasteiger partial charge in [0.15, 0.2) is 19.9 Å². The molecule has 0 amide bonds. The van der Waals surface area contributed by atoms with Gasteiger partial charge in [-0.25, -0.2) is 0 Å². The van der Waals surface area contributed by atoms with E-state index in [1.807, 2.05) is 6.92 Å². The average Bonchev–Trinajstić information content (AvgIpc) is 2.74. The topological polar surface area (TPSA) is 108 Å². The fraction of sp³-hybridized carbons (Fsp3) is 0.462. The number of fused-ring (bicyclic) bond motifs is 3. The number of rotatable bonds is 5. The summed E-state index contributed by atoms with van der Waals surface area (Å²) in [5.74, 6) is -1.12. The highest BCUT2D eigenvalue weighted by Crippen LogP contribution is 2.51. The number of methoxy groups -OCH3 is 1. The number of ether oxygens (including phenoxy) is 1. The van der Waals surface area contributed by atoms with Crippen molar-refractivity contribution in [1.29, 1.82) is 0 Å². The predicted molar refractivity (Wildman–Crippen MR) is 142 cm³/mol. The normalized spacial score (nSPS) is 22.8. The molecule has 2 aliphatic rings. The molecule has 0 aliphatic heterocycles. The van der Waals surface area contributed by atoms with E-state index in [1.165, 1.54) is 7.11 Å². The first-order chi connectivity index (χ1) is 16.2. The molecule has 2 aliphatic carbocycles. The number of carbonyl (C=O) groups excluding carboxylic acids is 2. The Bertz CT molecular complexity index is 1270. The van der Waals surface area contributed by atoms with Crippen LogP contribution in [0.4, 0.5) is 5.69 Å². The van der Waals surface area contributed by atoms with Gasteiger partial charge in [0.05, 0.1) is 35.2 Å². The van der Waals surface area contributed by atoms with Crippen molar-refractivity contribution >= 4 is 44.7 Å². The molecule has 0 spiro atoms. The van der Waals surface area contributed by atoms with Crippen molar-refractivity contribution in [1.82, 2.24) is 0 Å². The molecule has 0 saturated heterocycles. The van der Waals surface area contributed by atoms with Gasteiger partial charge in [-0.15, -0.1) is 0 Å². The molecule has 188 valence electrons. The molecule has 2 aromatic carbocycles. The van der Waals surface area contributed by atoms with E-state index in [4.69, 9.17) is 19.3 Å². The average molecular weight is 514 g/mol. The number of allylic oxidation sites excluding steroid dienone is 1. The number of nitrogens with two attached hydrogens (primary N) is 1. The molecule has 0 fully saturated rings. The molecule has 0 heterocycles. The summed E-state index contributed by atoms with van der Waals surface area (Å²) in [6, 6.07) is 5.11. The number of hydrogen-bond acceptors (Lipinski definition) is 7. The smallest absolute Gasteiger partial charge is 0.241 e. The minimum atomic E-state index is -2.16. The predicted octanol–water partition coefficient (Wildman–Crippen LogP) is 5.50. The van der Waals surface area contributed by atoms with Gasteiger partial charge in [0.2, 0.25) is 8.32 Å². The number of carbonyl (C=O) groups is 2. The molecule has 2 aromatic rings. The largest absolute Gasteiger partial charge is 0.545 e. The molecule has 0 unspecified atom stereocenters. The molecule has 35 heavy (non-hydrogen) atoms. The van der Waals surface area contributed by atoms with Gasteiger partial charge in [-0.05, 0) is 64.3 Å². The standard InChI is InChI=1S/C26H35NO6Si2/c1-13-12-15-18(26(33-35(6,7)8)25(13)32-34(3,4)5)24(30)19-20(23(15)29)22(28)14-10-9-11-16(31-2)17(14)21(19)27/h9-11,15,18,26,28H,12,27H2,1-8H3/t15-,18+,26-/m1/s1. The Morgan fingerprint density at radius 3 is 2.23 bits per heavy atom. The van der Waals surface area contributed by atoms with Crippen LogP contribution in [0.1, 0.15) is 34.1 Å². The minimum Gasteiger partial charge on any atom is -0.545 e. The van der Waals surface area contributed by atoms with Gasteiger partial charge < -0.3 is 24.4 Å². The number of anilines is 1. The lowest BCUT2D eigenvalue weighted by molar-refractivity contribution is 0.0421. The summed E-state index contributed by atoms with van der Waals surface area (Å²) in [5, 5.41) is 12.0. The molecule has 0 radical (unpaired) electrons. The summed E-state index contributed by atoms with van der Waals surface area (Å²) in [4.78, 5) is 28.1. The Kier molecular flexibility index (Phi) is 6.18. The molecule has 4 rings (SSSR count). The molecule has 0 aromatic heterocycles. The number of nitrogen functional groups attached to an aromatic ring is 1. The van der Waals surface area contributed by atoms with E-state index < -0.39 is 34.6 Å². The zero-order valence-corrected chi connectivity index (χ0v) is 23.7. The monoisotopic (exact) mass is 513 g/mol. The van der Waals surface area contributed by atoms with Crippen molar-refractivity contribution in [3.05, 3.63) is 40.7 Å². The van der Waals surface area contributed by atoms with Crippen LogP contribution in [0.5, 0.6) is 11.5 Å². The van der Waals surface area contributed by atoms with Crippen LogP contribution in [0.2, 0.25) is 39.3 Å². The van der Waals surface area contributed by atoms with Gasteiger partial charge in [-0.3, -0.25) is 9.59 Å². The first kappa shape index (κ1) is 25.5. The van der Waals surface area contributed by atoms with Crippen LogP contribution in [0.3, 0.4) is 0 Å². The molecular weight excluding hydrogens is 478 g/mol. The highest BCUT2D eigenvalue weighted by molar-refractivity contribution is 6.70. The van der Waals surface area contributed by atoms with Crippen LogP contribution in [0, 0.1) is 11.8 Å². The SMILES string of the molecule is COc1cccc2c(O)c3c(c(N)c12)C(=O)[C@@H]1[C@@H](CC(C)=C(O[Si](C)(C)C)[C@@H]1O[Si](C)(C)C)C3=O. The van der Waals surface area contributed by atoms with Crippen LogP contribution in [-0.4, -0.2) is 46.5 Å². The minimum absolute atomic E-state index is 0.00335. The van der Waals surface area contributed by atoms with Crippen molar-refractivity contribution in [3.8, 4) is 11.5 Å². The van der Waals surface area contributed by atoms with Crippen molar-refractivity contribution in [2.75, 3.05) is 12.8 Å². The maximum atomic E-state index is 14.2. The summed E-state index contributed by atoms with van der Waals surface area (Å²) in [7, 11) is -2.70. The number of phenols is 1. The van der Waals surface area contributed by atoms with Crippen molar-refractivity contribution in [2.45, 2.75) is 58.7 Å². The van der Waals surface area contributed by atoms with Crippen LogP contribution >= 0.6 is 0 Å². The van der Waals surface area contributed by atoms with Gasteiger partial charge in [-0.2, -0.15) is 0 Å². The third-order valence-corrected chi connectivity index (χ3v) is 8.31. The van der Waals surface area contributed by atoms with E-state index in [-0.39, 0.29) is 34.1 Å². The Hall–Kier alpha value is -2.63. The number of phenolic OH excluding ortho intramolecular Hbond substituents is 1. The number of Topliss-reactive ketones (excluding diaryl/α,β-unsaturated/α-hetero) is 2. The number of hydrogen-bond donors (Lipinski definition) is 2. The lowest BCUT2D eigenvalue weighted by Gasteiger charge is -2.44. The molecule has 0 bridgehead atoms. The van der Waals surface area contributed by atoms with Gasteiger partial charge in [0.25, 0.3) is 0 Å². The van der Waals surface area contributed by atoms with E-state index in [0.717, 1.165) is 5.57 Å². The Balaban J connectivity index is 1.98. The molecule has 9 heteroatoms. The summed E-state index contributed by atoms with van der Waals surface area (Å²) >= 11 is 0. The number of aromatic hydroxyl groups is 1. The summed E-state index contributed by atoms with van der Waals surface area (Å²) in [6.07, 6.45) is -0.304. The maximum absolute atomic E-state index is 14.2. The second-order valence-electron chi connectivity index (χ2n) is 11.5. The summed E-state index contributed by atoms with van der Waals surface area (Å²) < 4.78 is 18.5. The third-order valence-electron chi connectivity index (χ3n) is 6.52. The molecular formula is C26H35NO6Si2. The van der Waals surface area contributed by atoms with Crippen LogP contribution < -0.4 is 10.5 Å². The summed E-state index contributed by atoms with van der Waals surface area (Å²) in [6.45, 7) is 14.4. The Morgan fingerprint density at radius 1 is 1.00 bits per heavy atom. The van der Waals surface area contributed by atoms with E-state index in [1.54, 1.807) is 18.2 Å². The first-order valence-electron chi connectivity index (χ1n) is 11.9. The van der Waals surface area contributed by atoms with Crippen LogP contribution in [0.25, 0.3) is 10.8 Å². The Labute approximate surface area is 208 Å². The Morgan fingerprint density at radius 2 is 1.66 bits per heavy atom. The second kappa shape index (κ2) is 8.49. The highest BCUT2D eigenvalue weighted by Gasteiger charge is 2.53. The lowest BCUT2D eigenvalue weighted by atomic mass is 9.65. The zero-order chi connectivity index (χ0) is 26.0. The quantitative estimate of drug-likeness (QED) is 0.309. The van der Waals surface area contributed by atoms with Gasteiger partial charge in [0, 0.05) is 11.3 Å². The van der Waals surface area contributed by atoms with Gasteiger partial charge in [-0.1, -0.05) is 12.1 Å². The number of ketones is 2. The van der Waals surface area contributed by atoms with Crippen LogP contribution in [0.15, 0.2) is 29.5 Å². The van der Waals surface area contributed by atoms with Crippen molar-refractivity contribution in [2.24, 2.45) is 11.8 Å². The summed E-state index contributed by atoms with van der Waals surface area (Å²) in [5.41, 5.74) is 7.68. The van der Waals surface area contributed by atoms with E-state index in [9.17, 15) is 14.7 Å². The van der Waals surface area contributed by atoms with Crippen molar-refractivity contribution in [3.63, 3.8) is 0 Å². The van der Waals surface area contributed by atoms with Gasteiger partial charge >= 0.3 is 0 Å². The lowest BCUT2D eigenvalue weighted by Crippen LogP contribution is -2.52. The fourth-order valence-corrected chi connectivity index (χ4v) is 7.24. The molecule has 7 nitrogen and oxygen atoms in total. The zero-order valence-electron chi connectivity index (χ0n) is 21.7. The molecule has 3 N–H and O–H groups in total. The second-order valence-corrected chi connectivity index (χ2v) is 20.4. The molecule has 3 atom stereocenters. The first-order valence-corrected chi connectivity index (χ1v) is 18.7. The fourth-order valence-electron chi connectivity index (χ4n) is 5.27. The molecule has 0 saturated carbocycles. The van der Waals surface area contributed by atoms with E-state index >= 15 is 0 Å². The van der Waals surface area contributed by atoms with Crippen LogP contribution in [-0.2, 0) is 8.85 Å². The number of benzene rings is 2.